The van der Waals surface area contributed by atoms with Crippen molar-refractivity contribution in [2.24, 2.45) is 0 Å². The van der Waals surface area contributed by atoms with E-state index in [0.717, 1.165) is 24.3 Å². The summed E-state index contributed by atoms with van der Waals surface area (Å²) in [6, 6.07) is 9.07. The van der Waals surface area contributed by atoms with Crippen LogP contribution in [0.1, 0.15) is 44.9 Å². The number of hydrogen-bond acceptors (Lipinski definition) is 3. The minimum Gasteiger partial charge on any atom is -0.309 e. The maximum atomic E-state index is 4.18. The SMILES string of the molecule is CCCCc1ccc(-n2nncc2CNC(C)C)cc1. The highest BCUT2D eigenvalue weighted by Crippen LogP contribution is 2.13. The standard InChI is InChI=1S/C16H24N4/c1-4-5-6-14-7-9-15(10-8-14)20-16(12-18-19-20)11-17-13(2)3/h7-10,12-13,17H,4-6,11H2,1-3H3. The summed E-state index contributed by atoms with van der Waals surface area (Å²) in [7, 11) is 0. The van der Waals surface area contributed by atoms with Crippen molar-refractivity contribution in [1.82, 2.24) is 20.3 Å². The summed E-state index contributed by atoms with van der Waals surface area (Å²) in [6.45, 7) is 7.27. The number of unbranched alkanes of at least 4 members (excludes halogenated alkanes) is 1. The second kappa shape index (κ2) is 7.20. The minimum absolute atomic E-state index is 0.453. The Morgan fingerprint density at radius 3 is 2.60 bits per heavy atom. The van der Waals surface area contributed by atoms with E-state index in [1.165, 1.54) is 18.4 Å². The molecule has 0 saturated carbocycles. The van der Waals surface area contributed by atoms with E-state index in [4.69, 9.17) is 0 Å². The van der Waals surface area contributed by atoms with Crippen molar-refractivity contribution in [2.45, 2.75) is 52.6 Å². The van der Waals surface area contributed by atoms with Crippen LogP contribution in [0.3, 0.4) is 0 Å². The first kappa shape index (κ1) is 14.7. The number of hydrogen-bond donors (Lipinski definition) is 1. The minimum atomic E-state index is 0.453. The lowest BCUT2D eigenvalue weighted by Crippen LogP contribution is -2.23. The van der Waals surface area contributed by atoms with Crippen molar-refractivity contribution in [3.05, 3.63) is 41.7 Å². The van der Waals surface area contributed by atoms with Gasteiger partial charge >= 0.3 is 0 Å². The molecule has 2 aromatic rings. The zero-order valence-corrected chi connectivity index (χ0v) is 12.6. The molecule has 0 bridgehead atoms. The van der Waals surface area contributed by atoms with Gasteiger partial charge in [-0.15, -0.1) is 5.10 Å². The zero-order valence-electron chi connectivity index (χ0n) is 12.6. The van der Waals surface area contributed by atoms with Crippen LogP contribution in [0.25, 0.3) is 5.69 Å². The molecular formula is C16H24N4. The fourth-order valence-corrected chi connectivity index (χ4v) is 2.09. The summed E-state index contributed by atoms with van der Waals surface area (Å²) in [5.41, 5.74) is 3.54. The van der Waals surface area contributed by atoms with E-state index < -0.39 is 0 Å². The summed E-state index contributed by atoms with van der Waals surface area (Å²) >= 11 is 0. The van der Waals surface area contributed by atoms with Crippen LogP contribution in [-0.4, -0.2) is 21.0 Å². The van der Waals surface area contributed by atoms with Gasteiger partial charge in [-0.1, -0.05) is 44.5 Å². The third-order valence-corrected chi connectivity index (χ3v) is 3.31. The third kappa shape index (κ3) is 3.90. The van der Waals surface area contributed by atoms with Crippen LogP contribution in [0.4, 0.5) is 0 Å². The van der Waals surface area contributed by atoms with Crippen molar-refractivity contribution in [2.75, 3.05) is 0 Å². The Kier molecular flexibility index (Phi) is 5.30. The molecule has 0 aliphatic rings. The Morgan fingerprint density at radius 2 is 1.95 bits per heavy atom. The average molecular weight is 272 g/mol. The largest absolute Gasteiger partial charge is 0.309 e. The van der Waals surface area contributed by atoms with Gasteiger partial charge in [-0.2, -0.15) is 0 Å². The molecule has 4 heteroatoms. The molecule has 1 aromatic heterocycles. The summed E-state index contributed by atoms with van der Waals surface area (Å²) in [5.74, 6) is 0. The normalized spacial score (nSPS) is 11.2. The maximum absolute atomic E-state index is 4.18. The average Bonchev–Trinajstić information content (AvgIpc) is 2.92. The van der Waals surface area contributed by atoms with Gasteiger partial charge in [0.25, 0.3) is 0 Å². The van der Waals surface area contributed by atoms with E-state index in [1.807, 2.05) is 10.9 Å². The van der Waals surface area contributed by atoms with Crippen LogP contribution >= 0.6 is 0 Å². The number of aromatic nitrogens is 3. The van der Waals surface area contributed by atoms with Crippen molar-refractivity contribution < 1.29 is 0 Å². The second-order valence-electron chi connectivity index (χ2n) is 5.44. The number of aryl methyl sites for hydroxylation is 1. The van der Waals surface area contributed by atoms with Crippen molar-refractivity contribution >= 4 is 0 Å². The van der Waals surface area contributed by atoms with E-state index in [2.05, 4.69) is 60.7 Å². The molecular weight excluding hydrogens is 248 g/mol. The van der Waals surface area contributed by atoms with Crippen LogP contribution in [0.5, 0.6) is 0 Å². The molecule has 0 radical (unpaired) electrons. The molecule has 1 heterocycles. The maximum Gasteiger partial charge on any atom is 0.0783 e. The molecule has 1 aromatic carbocycles. The van der Waals surface area contributed by atoms with Crippen LogP contribution in [0.15, 0.2) is 30.5 Å². The Balaban J connectivity index is 2.09. The van der Waals surface area contributed by atoms with Crippen molar-refractivity contribution in [1.29, 1.82) is 0 Å². The lowest BCUT2D eigenvalue weighted by Gasteiger charge is -2.10. The lowest BCUT2D eigenvalue weighted by atomic mass is 10.1. The molecule has 0 fully saturated rings. The first-order valence-corrected chi connectivity index (χ1v) is 7.43. The first-order valence-electron chi connectivity index (χ1n) is 7.43. The predicted octanol–water partition coefficient (Wildman–Crippen LogP) is 3.11. The summed E-state index contributed by atoms with van der Waals surface area (Å²) in [4.78, 5) is 0. The van der Waals surface area contributed by atoms with Gasteiger partial charge in [0.1, 0.15) is 0 Å². The van der Waals surface area contributed by atoms with Crippen molar-refractivity contribution in [3.63, 3.8) is 0 Å². The van der Waals surface area contributed by atoms with Gasteiger partial charge in [0, 0.05) is 12.6 Å². The van der Waals surface area contributed by atoms with E-state index in [0.29, 0.717) is 6.04 Å². The van der Waals surface area contributed by atoms with Gasteiger partial charge < -0.3 is 5.32 Å². The van der Waals surface area contributed by atoms with Gasteiger partial charge in [-0.3, -0.25) is 0 Å². The van der Waals surface area contributed by atoms with Gasteiger partial charge in [0.2, 0.25) is 0 Å². The highest BCUT2D eigenvalue weighted by Gasteiger charge is 2.06. The first-order chi connectivity index (χ1) is 9.70. The molecule has 108 valence electrons. The lowest BCUT2D eigenvalue weighted by molar-refractivity contribution is 0.570. The Morgan fingerprint density at radius 1 is 1.20 bits per heavy atom. The monoisotopic (exact) mass is 272 g/mol. The molecule has 0 aliphatic heterocycles. The number of benzene rings is 1. The molecule has 20 heavy (non-hydrogen) atoms. The number of nitrogens with zero attached hydrogens (tertiary/aromatic N) is 3. The van der Waals surface area contributed by atoms with Gasteiger partial charge in [-0.05, 0) is 30.5 Å². The number of rotatable bonds is 7. The smallest absolute Gasteiger partial charge is 0.0783 e. The van der Waals surface area contributed by atoms with Crippen LogP contribution < -0.4 is 5.32 Å². The molecule has 0 aliphatic carbocycles. The molecule has 0 spiro atoms. The van der Waals surface area contributed by atoms with E-state index in [-0.39, 0.29) is 0 Å². The van der Waals surface area contributed by atoms with Crippen molar-refractivity contribution in [3.8, 4) is 5.69 Å². The number of nitrogens with one attached hydrogen (secondary N) is 1. The Labute approximate surface area is 121 Å². The van der Waals surface area contributed by atoms with Crippen LogP contribution in [-0.2, 0) is 13.0 Å². The summed E-state index contributed by atoms with van der Waals surface area (Å²) in [5, 5.41) is 11.6. The molecule has 0 unspecified atom stereocenters. The highest BCUT2D eigenvalue weighted by atomic mass is 15.4. The molecule has 0 amide bonds. The zero-order chi connectivity index (χ0) is 14.4. The highest BCUT2D eigenvalue weighted by molar-refractivity contribution is 5.35. The molecule has 2 rings (SSSR count). The fraction of sp³-hybridized carbons (Fsp3) is 0.500. The fourth-order valence-electron chi connectivity index (χ4n) is 2.09. The van der Waals surface area contributed by atoms with Gasteiger partial charge in [0.05, 0.1) is 17.6 Å². The van der Waals surface area contributed by atoms with E-state index in [1.54, 1.807) is 0 Å². The summed E-state index contributed by atoms with van der Waals surface area (Å²) in [6.07, 6.45) is 5.44. The van der Waals surface area contributed by atoms with Gasteiger partial charge in [0.15, 0.2) is 0 Å². The predicted molar refractivity (Wildman–Crippen MR) is 81.9 cm³/mol. The van der Waals surface area contributed by atoms with E-state index >= 15 is 0 Å². The Bertz CT molecular complexity index is 514. The quantitative estimate of drug-likeness (QED) is 0.842. The third-order valence-electron chi connectivity index (χ3n) is 3.31. The molecule has 4 nitrogen and oxygen atoms in total. The van der Waals surface area contributed by atoms with E-state index in [9.17, 15) is 0 Å². The topological polar surface area (TPSA) is 42.7 Å². The van der Waals surface area contributed by atoms with Gasteiger partial charge in [-0.25, -0.2) is 4.68 Å². The molecule has 0 atom stereocenters. The summed E-state index contributed by atoms with van der Waals surface area (Å²) < 4.78 is 1.90. The van der Waals surface area contributed by atoms with Crippen LogP contribution in [0, 0.1) is 0 Å². The Hall–Kier alpha value is -1.68. The van der Waals surface area contributed by atoms with Crippen LogP contribution in [0.2, 0.25) is 0 Å². The second-order valence-corrected chi connectivity index (χ2v) is 5.44. The molecule has 1 N–H and O–H groups in total. The molecule has 0 saturated heterocycles.